The van der Waals surface area contributed by atoms with Crippen molar-refractivity contribution in [3.05, 3.63) is 42.5 Å². The molecule has 0 aliphatic rings. The molecule has 0 saturated carbocycles. The van der Waals surface area contributed by atoms with Crippen molar-refractivity contribution in [2.24, 2.45) is 0 Å². The lowest BCUT2D eigenvalue weighted by Gasteiger charge is -2.11. The molecule has 21 heavy (non-hydrogen) atoms. The summed E-state index contributed by atoms with van der Waals surface area (Å²) in [5.74, 6) is 0.315. The zero-order valence-electron chi connectivity index (χ0n) is 12.6. The van der Waals surface area contributed by atoms with E-state index in [1.165, 1.54) is 6.33 Å². The third-order valence-corrected chi connectivity index (χ3v) is 3.25. The van der Waals surface area contributed by atoms with Crippen molar-refractivity contribution in [3.8, 4) is 16.9 Å². The zero-order chi connectivity index (χ0) is 15.1. The molecule has 0 spiro atoms. The maximum atomic E-state index is 9.95. The zero-order valence-corrected chi connectivity index (χ0v) is 12.6. The van der Waals surface area contributed by atoms with Gasteiger partial charge in [-0.15, -0.1) is 0 Å². The monoisotopic (exact) mass is 286 g/mol. The van der Waals surface area contributed by atoms with Gasteiger partial charge in [0.1, 0.15) is 12.1 Å². The molecule has 0 fully saturated rings. The summed E-state index contributed by atoms with van der Waals surface area (Å²) in [5.41, 5.74) is 2.85. The summed E-state index contributed by atoms with van der Waals surface area (Å²) in [6.45, 7) is 2.64. The summed E-state index contributed by atoms with van der Waals surface area (Å²) in [7, 11) is 4.13. The summed E-state index contributed by atoms with van der Waals surface area (Å²) in [5, 5.41) is 13.3. The van der Waals surface area contributed by atoms with E-state index in [2.05, 4.69) is 34.3 Å². The number of hydrogen-bond donors (Lipinski definition) is 2. The van der Waals surface area contributed by atoms with Crippen LogP contribution in [-0.2, 0) is 6.54 Å². The molecule has 0 amide bonds. The van der Waals surface area contributed by atoms with Crippen LogP contribution in [0.3, 0.4) is 0 Å². The topological polar surface area (TPSA) is 61.3 Å². The minimum Gasteiger partial charge on any atom is -0.508 e. The highest BCUT2D eigenvalue weighted by Crippen LogP contribution is 2.24. The number of nitrogens with one attached hydrogen (secondary N) is 1. The first-order valence-electron chi connectivity index (χ1n) is 7.09. The van der Waals surface area contributed by atoms with Gasteiger partial charge in [-0.3, -0.25) is 0 Å². The molecule has 0 atom stereocenters. The van der Waals surface area contributed by atoms with Crippen molar-refractivity contribution in [2.45, 2.75) is 13.0 Å². The Hall–Kier alpha value is -1.98. The molecule has 5 nitrogen and oxygen atoms in total. The Bertz CT molecular complexity index is 557. The SMILES string of the molecule is CN(C)CCCNCc1cc(-c2cncnc2)ccc1O. The average molecular weight is 286 g/mol. The maximum Gasteiger partial charge on any atom is 0.120 e. The van der Waals surface area contributed by atoms with Gasteiger partial charge in [-0.1, -0.05) is 6.07 Å². The Morgan fingerprint density at radius 1 is 1.14 bits per heavy atom. The predicted octanol–water partition coefficient (Wildman–Crippen LogP) is 1.89. The summed E-state index contributed by atoms with van der Waals surface area (Å²) in [6, 6.07) is 5.58. The van der Waals surface area contributed by atoms with Crippen molar-refractivity contribution < 1.29 is 5.11 Å². The molecule has 0 saturated heterocycles. The molecule has 0 unspecified atom stereocenters. The second kappa shape index (κ2) is 7.71. The lowest BCUT2D eigenvalue weighted by molar-refractivity contribution is 0.393. The van der Waals surface area contributed by atoms with Gasteiger partial charge in [0.25, 0.3) is 0 Å². The molecule has 0 radical (unpaired) electrons. The summed E-state index contributed by atoms with van der Waals surface area (Å²) in [6.07, 6.45) is 6.14. The van der Waals surface area contributed by atoms with Gasteiger partial charge in [0.05, 0.1) is 0 Å². The number of hydrogen-bond acceptors (Lipinski definition) is 5. The van der Waals surface area contributed by atoms with Gasteiger partial charge >= 0.3 is 0 Å². The Morgan fingerprint density at radius 2 is 1.90 bits per heavy atom. The highest BCUT2D eigenvalue weighted by atomic mass is 16.3. The standard InChI is InChI=1S/C16H22N4O/c1-20(2)7-3-6-17-9-14-8-13(4-5-16(14)21)15-10-18-12-19-11-15/h4-5,8,10-12,17,21H,3,6-7,9H2,1-2H3. The van der Waals surface area contributed by atoms with E-state index in [1.54, 1.807) is 18.5 Å². The fourth-order valence-corrected chi connectivity index (χ4v) is 2.10. The number of aromatic nitrogens is 2. The van der Waals surface area contributed by atoms with E-state index in [0.717, 1.165) is 36.2 Å². The molecule has 2 N–H and O–H groups in total. The second-order valence-corrected chi connectivity index (χ2v) is 5.30. The van der Waals surface area contributed by atoms with Crippen LogP contribution >= 0.6 is 0 Å². The molecule has 5 heteroatoms. The Labute approximate surface area is 125 Å². The number of rotatable bonds is 7. The van der Waals surface area contributed by atoms with E-state index in [4.69, 9.17) is 0 Å². The van der Waals surface area contributed by atoms with E-state index in [1.807, 2.05) is 12.1 Å². The van der Waals surface area contributed by atoms with Gasteiger partial charge in [-0.05, 0) is 51.3 Å². The molecule has 2 rings (SSSR count). The Morgan fingerprint density at radius 3 is 2.62 bits per heavy atom. The van der Waals surface area contributed by atoms with Crippen molar-refractivity contribution in [2.75, 3.05) is 27.2 Å². The molecule has 0 bridgehead atoms. The number of benzene rings is 1. The van der Waals surface area contributed by atoms with Crippen LogP contribution in [0.15, 0.2) is 36.9 Å². The lowest BCUT2D eigenvalue weighted by atomic mass is 10.0. The van der Waals surface area contributed by atoms with Crippen molar-refractivity contribution in [1.29, 1.82) is 0 Å². The van der Waals surface area contributed by atoms with Gasteiger partial charge in [0.15, 0.2) is 0 Å². The molecular formula is C16H22N4O. The fourth-order valence-electron chi connectivity index (χ4n) is 2.10. The molecule has 0 aliphatic carbocycles. The van der Waals surface area contributed by atoms with E-state index in [-0.39, 0.29) is 0 Å². The van der Waals surface area contributed by atoms with Gasteiger partial charge in [-0.2, -0.15) is 0 Å². The van der Waals surface area contributed by atoms with Crippen LogP contribution in [0.1, 0.15) is 12.0 Å². The molecule has 2 aromatic rings. The Balaban J connectivity index is 1.96. The average Bonchev–Trinajstić information content (AvgIpc) is 2.49. The first kappa shape index (κ1) is 15.4. The first-order chi connectivity index (χ1) is 10.2. The lowest BCUT2D eigenvalue weighted by Crippen LogP contribution is -2.21. The fraction of sp³-hybridized carbons (Fsp3) is 0.375. The van der Waals surface area contributed by atoms with Crippen LogP contribution in [-0.4, -0.2) is 47.2 Å². The minimum absolute atomic E-state index is 0.315. The smallest absolute Gasteiger partial charge is 0.120 e. The Kier molecular flexibility index (Phi) is 5.66. The molecule has 112 valence electrons. The van der Waals surface area contributed by atoms with E-state index in [9.17, 15) is 5.11 Å². The predicted molar refractivity (Wildman–Crippen MR) is 84.0 cm³/mol. The number of aromatic hydroxyl groups is 1. The molecular weight excluding hydrogens is 264 g/mol. The number of nitrogens with zero attached hydrogens (tertiary/aromatic N) is 3. The number of phenolic OH excluding ortho intramolecular Hbond substituents is 1. The molecule has 0 aliphatic heterocycles. The maximum absolute atomic E-state index is 9.95. The molecule has 1 heterocycles. The summed E-state index contributed by atoms with van der Waals surface area (Å²) >= 11 is 0. The van der Waals surface area contributed by atoms with Crippen LogP contribution in [0.25, 0.3) is 11.1 Å². The highest BCUT2D eigenvalue weighted by Gasteiger charge is 2.05. The van der Waals surface area contributed by atoms with E-state index >= 15 is 0 Å². The largest absolute Gasteiger partial charge is 0.508 e. The van der Waals surface area contributed by atoms with Gasteiger partial charge in [0, 0.05) is 30.1 Å². The quantitative estimate of drug-likeness (QED) is 0.761. The normalized spacial score (nSPS) is 11.0. The van der Waals surface area contributed by atoms with E-state index in [0.29, 0.717) is 12.3 Å². The van der Waals surface area contributed by atoms with Crippen LogP contribution in [0, 0.1) is 0 Å². The third-order valence-electron chi connectivity index (χ3n) is 3.25. The van der Waals surface area contributed by atoms with Gasteiger partial charge < -0.3 is 15.3 Å². The second-order valence-electron chi connectivity index (χ2n) is 5.30. The van der Waals surface area contributed by atoms with Gasteiger partial charge in [-0.25, -0.2) is 9.97 Å². The molecule has 1 aromatic heterocycles. The summed E-state index contributed by atoms with van der Waals surface area (Å²) in [4.78, 5) is 10.2. The van der Waals surface area contributed by atoms with Crippen LogP contribution in [0.5, 0.6) is 5.75 Å². The van der Waals surface area contributed by atoms with Crippen molar-refractivity contribution in [3.63, 3.8) is 0 Å². The van der Waals surface area contributed by atoms with Crippen LogP contribution in [0.2, 0.25) is 0 Å². The van der Waals surface area contributed by atoms with Crippen molar-refractivity contribution >= 4 is 0 Å². The minimum atomic E-state index is 0.315. The van der Waals surface area contributed by atoms with Crippen molar-refractivity contribution in [1.82, 2.24) is 20.2 Å². The van der Waals surface area contributed by atoms with Crippen LogP contribution in [0.4, 0.5) is 0 Å². The number of phenols is 1. The van der Waals surface area contributed by atoms with E-state index < -0.39 is 0 Å². The van der Waals surface area contributed by atoms with Crippen LogP contribution < -0.4 is 5.32 Å². The third kappa shape index (κ3) is 4.81. The summed E-state index contributed by atoms with van der Waals surface area (Å²) < 4.78 is 0. The molecule has 1 aromatic carbocycles. The van der Waals surface area contributed by atoms with Gasteiger partial charge in [0.2, 0.25) is 0 Å². The highest BCUT2D eigenvalue weighted by molar-refractivity contribution is 5.63. The first-order valence-corrected chi connectivity index (χ1v) is 7.09.